The van der Waals surface area contributed by atoms with Crippen molar-refractivity contribution < 1.29 is 28.9 Å². The summed E-state index contributed by atoms with van der Waals surface area (Å²) in [5.74, 6) is -0.128. The monoisotopic (exact) mass is 365 g/mol. The maximum absolute atomic E-state index is 12.2. The van der Waals surface area contributed by atoms with E-state index < -0.39 is 17.7 Å². The van der Waals surface area contributed by atoms with E-state index in [9.17, 15) is 14.7 Å². The van der Waals surface area contributed by atoms with Crippen LogP contribution in [0.5, 0.6) is 5.75 Å². The Morgan fingerprint density at radius 1 is 1.27 bits per heavy atom. The predicted octanol–water partition coefficient (Wildman–Crippen LogP) is 2.28. The molecule has 1 aliphatic rings. The van der Waals surface area contributed by atoms with E-state index >= 15 is 0 Å². The van der Waals surface area contributed by atoms with Crippen molar-refractivity contribution in [3.8, 4) is 5.75 Å². The maximum atomic E-state index is 12.2. The SMILES string of the molecule is CCOC(=O)[C@H](O)COc1ccc2c(c1)CCN(C(=O)OC(C)(C)C)C2. The molecule has 0 saturated carbocycles. The summed E-state index contributed by atoms with van der Waals surface area (Å²) < 4.78 is 15.6. The second kappa shape index (κ2) is 8.40. The lowest BCUT2D eigenvalue weighted by Gasteiger charge is -2.31. The summed E-state index contributed by atoms with van der Waals surface area (Å²) >= 11 is 0. The van der Waals surface area contributed by atoms with Gasteiger partial charge in [-0.05, 0) is 57.4 Å². The largest absolute Gasteiger partial charge is 0.490 e. The van der Waals surface area contributed by atoms with Gasteiger partial charge in [-0.1, -0.05) is 6.07 Å². The Balaban J connectivity index is 1.94. The number of rotatable bonds is 5. The van der Waals surface area contributed by atoms with Crippen LogP contribution in [0, 0.1) is 0 Å². The molecule has 1 aromatic rings. The van der Waals surface area contributed by atoms with E-state index in [2.05, 4.69) is 0 Å². The van der Waals surface area contributed by atoms with Gasteiger partial charge in [0.05, 0.1) is 6.61 Å². The summed E-state index contributed by atoms with van der Waals surface area (Å²) in [5, 5.41) is 9.68. The highest BCUT2D eigenvalue weighted by Crippen LogP contribution is 2.25. The number of aliphatic hydroxyl groups excluding tert-OH is 1. The summed E-state index contributed by atoms with van der Waals surface area (Å²) in [5.41, 5.74) is 1.59. The number of hydrogen-bond donors (Lipinski definition) is 1. The molecule has 2 rings (SSSR count). The van der Waals surface area contributed by atoms with Crippen molar-refractivity contribution in [1.82, 2.24) is 4.90 Å². The first-order valence-corrected chi connectivity index (χ1v) is 8.77. The summed E-state index contributed by atoms with van der Waals surface area (Å²) in [6, 6.07) is 5.52. The Bertz CT molecular complexity index is 652. The zero-order valence-corrected chi connectivity index (χ0v) is 15.8. The Labute approximate surface area is 153 Å². The van der Waals surface area contributed by atoms with Crippen molar-refractivity contribution in [3.63, 3.8) is 0 Å². The van der Waals surface area contributed by atoms with E-state index in [1.807, 2.05) is 32.9 Å². The van der Waals surface area contributed by atoms with Gasteiger partial charge >= 0.3 is 12.1 Å². The smallest absolute Gasteiger partial charge is 0.410 e. The molecule has 0 fully saturated rings. The van der Waals surface area contributed by atoms with Gasteiger partial charge < -0.3 is 24.2 Å². The fraction of sp³-hybridized carbons (Fsp3) is 0.579. The van der Waals surface area contributed by atoms with E-state index in [-0.39, 0.29) is 19.3 Å². The van der Waals surface area contributed by atoms with Crippen molar-refractivity contribution in [2.45, 2.75) is 52.4 Å². The van der Waals surface area contributed by atoms with Crippen molar-refractivity contribution in [3.05, 3.63) is 29.3 Å². The van der Waals surface area contributed by atoms with Crippen molar-refractivity contribution in [2.24, 2.45) is 0 Å². The molecule has 0 radical (unpaired) electrons. The average molecular weight is 365 g/mol. The van der Waals surface area contributed by atoms with Crippen LogP contribution < -0.4 is 4.74 Å². The van der Waals surface area contributed by atoms with E-state index in [1.165, 1.54) is 0 Å². The van der Waals surface area contributed by atoms with Crippen LogP contribution in [0.1, 0.15) is 38.8 Å². The zero-order valence-electron chi connectivity index (χ0n) is 15.8. The average Bonchev–Trinajstić information content (AvgIpc) is 2.57. The molecule has 0 aliphatic carbocycles. The molecule has 1 atom stereocenters. The molecule has 144 valence electrons. The third-order valence-electron chi connectivity index (χ3n) is 3.81. The summed E-state index contributed by atoms with van der Waals surface area (Å²) in [4.78, 5) is 25.3. The molecule has 7 heteroatoms. The van der Waals surface area contributed by atoms with E-state index in [0.29, 0.717) is 25.3 Å². The van der Waals surface area contributed by atoms with Gasteiger partial charge in [0, 0.05) is 13.1 Å². The second-order valence-corrected chi connectivity index (χ2v) is 7.16. The minimum Gasteiger partial charge on any atom is -0.490 e. The summed E-state index contributed by atoms with van der Waals surface area (Å²) in [7, 11) is 0. The topological polar surface area (TPSA) is 85.3 Å². The molecule has 0 unspecified atom stereocenters. The number of hydrogen-bond acceptors (Lipinski definition) is 6. The van der Waals surface area contributed by atoms with Gasteiger partial charge in [-0.25, -0.2) is 9.59 Å². The molecule has 1 amide bonds. The number of esters is 1. The Morgan fingerprint density at radius 2 is 2.00 bits per heavy atom. The third-order valence-corrected chi connectivity index (χ3v) is 3.81. The van der Waals surface area contributed by atoms with Crippen LogP contribution in [0.4, 0.5) is 4.79 Å². The molecule has 0 bridgehead atoms. The van der Waals surface area contributed by atoms with Gasteiger partial charge in [0.15, 0.2) is 6.10 Å². The quantitative estimate of drug-likeness (QED) is 0.806. The molecule has 26 heavy (non-hydrogen) atoms. The Kier molecular flexibility index (Phi) is 6.47. The first-order valence-electron chi connectivity index (χ1n) is 8.77. The molecule has 1 aromatic carbocycles. The van der Waals surface area contributed by atoms with Gasteiger partial charge in [-0.3, -0.25) is 0 Å². The van der Waals surface area contributed by atoms with E-state index in [4.69, 9.17) is 14.2 Å². The van der Waals surface area contributed by atoms with E-state index in [0.717, 1.165) is 11.1 Å². The van der Waals surface area contributed by atoms with Crippen LogP contribution in [0.2, 0.25) is 0 Å². The van der Waals surface area contributed by atoms with Gasteiger partial charge in [0.2, 0.25) is 0 Å². The number of aliphatic hydroxyl groups is 1. The number of benzene rings is 1. The van der Waals surface area contributed by atoms with Gasteiger partial charge in [-0.15, -0.1) is 0 Å². The summed E-state index contributed by atoms with van der Waals surface area (Å²) in [6.07, 6.45) is -0.943. The summed E-state index contributed by atoms with van der Waals surface area (Å²) in [6.45, 7) is 8.30. The van der Waals surface area contributed by atoms with Crippen molar-refractivity contribution >= 4 is 12.1 Å². The fourth-order valence-corrected chi connectivity index (χ4v) is 2.58. The minimum atomic E-state index is -1.31. The molecule has 1 aliphatic heterocycles. The van der Waals surface area contributed by atoms with Crippen molar-refractivity contribution in [1.29, 1.82) is 0 Å². The molecule has 0 spiro atoms. The molecule has 0 saturated heterocycles. The van der Waals surface area contributed by atoms with Gasteiger partial charge in [0.1, 0.15) is 18.0 Å². The first kappa shape index (κ1) is 20.0. The molecular weight excluding hydrogens is 338 g/mol. The normalized spacial score (nSPS) is 15.0. The lowest BCUT2D eigenvalue weighted by molar-refractivity contribution is -0.154. The predicted molar refractivity (Wildman–Crippen MR) is 94.9 cm³/mol. The van der Waals surface area contributed by atoms with E-state index in [1.54, 1.807) is 17.9 Å². The van der Waals surface area contributed by atoms with Crippen LogP contribution in [-0.2, 0) is 27.2 Å². The number of ether oxygens (including phenoxy) is 3. The molecular formula is C19H27NO6. The minimum absolute atomic E-state index is 0.165. The molecule has 1 heterocycles. The van der Waals surface area contributed by atoms with Gasteiger partial charge in [0.25, 0.3) is 0 Å². The Hall–Kier alpha value is -2.28. The van der Waals surface area contributed by atoms with Crippen LogP contribution in [0.25, 0.3) is 0 Å². The third kappa shape index (κ3) is 5.62. The number of fused-ring (bicyclic) bond motifs is 1. The highest BCUT2D eigenvalue weighted by molar-refractivity contribution is 5.74. The first-order chi connectivity index (χ1) is 12.2. The standard InChI is InChI=1S/C19H27NO6/c1-5-24-17(22)16(21)12-25-15-7-6-14-11-20(9-8-13(14)10-15)18(23)26-19(2,3)4/h6-7,10,16,21H,5,8-9,11-12H2,1-4H3/t16-/m1/s1. The van der Waals surface area contributed by atoms with Crippen molar-refractivity contribution in [2.75, 3.05) is 19.8 Å². The second-order valence-electron chi connectivity index (χ2n) is 7.16. The Morgan fingerprint density at radius 3 is 2.65 bits per heavy atom. The number of nitrogens with zero attached hydrogens (tertiary/aromatic N) is 1. The maximum Gasteiger partial charge on any atom is 0.410 e. The lowest BCUT2D eigenvalue weighted by atomic mass is 10.00. The molecule has 1 N–H and O–H groups in total. The molecule has 0 aromatic heterocycles. The lowest BCUT2D eigenvalue weighted by Crippen LogP contribution is -2.39. The van der Waals surface area contributed by atoms with Crippen LogP contribution in [-0.4, -0.2) is 53.5 Å². The van der Waals surface area contributed by atoms with Crippen LogP contribution in [0.3, 0.4) is 0 Å². The highest BCUT2D eigenvalue weighted by Gasteiger charge is 2.26. The number of carbonyl (C=O) groups excluding carboxylic acids is 2. The highest BCUT2D eigenvalue weighted by atomic mass is 16.6. The number of carbonyl (C=O) groups is 2. The number of amides is 1. The zero-order chi connectivity index (χ0) is 19.3. The molecule has 7 nitrogen and oxygen atoms in total. The van der Waals surface area contributed by atoms with Crippen LogP contribution >= 0.6 is 0 Å². The fourth-order valence-electron chi connectivity index (χ4n) is 2.58. The van der Waals surface area contributed by atoms with Gasteiger partial charge in [-0.2, -0.15) is 0 Å². The van der Waals surface area contributed by atoms with Crippen LogP contribution in [0.15, 0.2) is 18.2 Å².